The molecular formula is C21H28N4O3. The average molecular weight is 384 g/mol. The zero-order chi connectivity index (χ0) is 20.4. The van der Waals surface area contributed by atoms with E-state index in [0.29, 0.717) is 17.4 Å². The highest BCUT2D eigenvalue weighted by atomic mass is 16.5. The van der Waals surface area contributed by atoms with E-state index in [1.807, 2.05) is 36.7 Å². The van der Waals surface area contributed by atoms with Crippen LogP contribution in [0.2, 0.25) is 0 Å². The molecule has 0 radical (unpaired) electrons. The summed E-state index contributed by atoms with van der Waals surface area (Å²) in [5.74, 6) is 0.699. The smallest absolute Gasteiger partial charge is 0.262 e. The summed E-state index contributed by atoms with van der Waals surface area (Å²) in [6, 6.07) is 7.31. The fraction of sp³-hybridized carbons (Fsp3) is 0.476. The molecule has 150 valence electrons. The van der Waals surface area contributed by atoms with Crippen molar-refractivity contribution < 1.29 is 14.3 Å². The highest BCUT2D eigenvalue weighted by molar-refractivity contribution is 5.98. The van der Waals surface area contributed by atoms with Crippen LogP contribution in [-0.2, 0) is 22.6 Å². The Morgan fingerprint density at radius 1 is 1.29 bits per heavy atom. The van der Waals surface area contributed by atoms with E-state index in [4.69, 9.17) is 4.74 Å². The van der Waals surface area contributed by atoms with Crippen LogP contribution < -0.4 is 15.0 Å². The molecule has 7 nitrogen and oxygen atoms in total. The Balaban J connectivity index is 1.88. The third-order valence-electron chi connectivity index (χ3n) is 5.01. The molecule has 1 atom stereocenters. The van der Waals surface area contributed by atoms with Crippen molar-refractivity contribution in [1.82, 2.24) is 15.1 Å². The number of aryl methyl sites for hydroxylation is 1. The number of benzene rings is 1. The molecular weight excluding hydrogens is 356 g/mol. The molecule has 0 spiro atoms. The van der Waals surface area contributed by atoms with Gasteiger partial charge in [0.15, 0.2) is 6.10 Å². The summed E-state index contributed by atoms with van der Waals surface area (Å²) < 4.78 is 7.76. The molecule has 0 unspecified atom stereocenters. The Hall–Kier alpha value is -2.83. The van der Waals surface area contributed by atoms with E-state index in [9.17, 15) is 9.59 Å². The first kappa shape index (κ1) is 19.9. The van der Waals surface area contributed by atoms with Crippen LogP contribution in [0.25, 0.3) is 0 Å². The number of amides is 2. The number of para-hydroxylation sites is 2. The molecule has 28 heavy (non-hydrogen) atoms. The van der Waals surface area contributed by atoms with Gasteiger partial charge in [0.2, 0.25) is 5.91 Å². The number of nitrogens with one attached hydrogen (secondary N) is 1. The first-order valence-corrected chi connectivity index (χ1v) is 9.62. The summed E-state index contributed by atoms with van der Waals surface area (Å²) in [5.41, 5.74) is 3.53. The Kier molecular flexibility index (Phi) is 5.72. The van der Waals surface area contributed by atoms with Crippen LogP contribution in [0, 0.1) is 19.8 Å². The summed E-state index contributed by atoms with van der Waals surface area (Å²) in [7, 11) is 1.56. The van der Waals surface area contributed by atoms with Crippen LogP contribution in [0.4, 0.5) is 5.69 Å². The number of ether oxygens (including phenoxy) is 1. The Morgan fingerprint density at radius 3 is 2.68 bits per heavy atom. The highest BCUT2D eigenvalue weighted by Crippen LogP contribution is 2.33. The van der Waals surface area contributed by atoms with Gasteiger partial charge in [-0.3, -0.25) is 14.3 Å². The van der Waals surface area contributed by atoms with Crippen molar-refractivity contribution in [2.75, 3.05) is 18.5 Å². The van der Waals surface area contributed by atoms with E-state index in [2.05, 4.69) is 24.3 Å². The van der Waals surface area contributed by atoms with Crippen molar-refractivity contribution in [2.45, 2.75) is 46.8 Å². The van der Waals surface area contributed by atoms with Gasteiger partial charge in [0.25, 0.3) is 5.91 Å². The first-order valence-electron chi connectivity index (χ1n) is 9.62. The van der Waals surface area contributed by atoms with Gasteiger partial charge in [-0.15, -0.1) is 0 Å². The van der Waals surface area contributed by atoms with Gasteiger partial charge in [-0.1, -0.05) is 26.0 Å². The minimum Gasteiger partial charge on any atom is -0.477 e. The fourth-order valence-electron chi connectivity index (χ4n) is 3.53. The number of aromatic nitrogens is 2. The average Bonchev–Trinajstić information content (AvgIpc) is 2.93. The van der Waals surface area contributed by atoms with E-state index < -0.39 is 6.10 Å². The maximum atomic E-state index is 13.2. The molecule has 1 aliphatic rings. The maximum Gasteiger partial charge on any atom is 0.262 e. The Bertz CT molecular complexity index is 888. The predicted octanol–water partition coefficient (Wildman–Crippen LogP) is 2.24. The highest BCUT2D eigenvalue weighted by Gasteiger charge is 2.33. The molecule has 0 saturated heterocycles. The minimum absolute atomic E-state index is 0.0695. The molecule has 1 aromatic carbocycles. The zero-order valence-electron chi connectivity index (χ0n) is 17.2. The van der Waals surface area contributed by atoms with Crippen molar-refractivity contribution in [3.63, 3.8) is 0 Å². The van der Waals surface area contributed by atoms with E-state index >= 15 is 0 Å². The number of nitrogens with zero attached hydrogens (tertiary/aromatic N) is 3. The topological polar surface area (TPSA) is 76.5 Å². The van der Waals surface area contributed by atoms with Gasteiger partial charge < -0.3 is 15.0 Å². The summed E-state index contributed by atoms with van der Waals surface area (Å²) in [6.45, 7) is 9.24. The lowest BCUT2D eigenvalue weighted by atomic mass is 10.1. The van der Waals surface area contributed by atoms with Crippen LogP contribution in [0.3, 0.4) is 0 Å². The summed E-state index contributed by atoms with van der Waals surface area (Å²) >= 11 is 0. The van der Waals surface area contributed by atoms with Gasteiger partial charge in [-0.2, -0.15) is 5.10 Å². The zero-order valence-corrected chi connectivity index (χ0v) is 17.2. The number of hydrogen-bond donors (Lipinski definition) is 1. The first-order chi connectivity index (χ1) is 13.3. The van der Waals surface area contributed by atoms with Crippen molar-refractivity contribution in [2.24, 2.45) is 5.92 Å². The molecule has 1 aliphatic heterocycles. The second-order valence-corrected chi connectivity index (χ2v) is 7.59. The largest absolute Gasteiger partial charge is 0.477 e. The lowest BCUT2D eigenvalue weighted by Gasteiger charge is -2.34. The molecule has 0 aliphatic carbocycles. The number of anilines is 1. The maximum absolute atomic E-state index is 13.2. The van der Waals surface area contributed by atoms with Crippen LogP contribution in [0.5, 0.6) is 5.75 Å². The molecule has 2 heterocycles. The number of rotatable bonds is 5. The van der Waals surface area contributed by atoms with Gasteiger partial charge in [-0.25, -0.2) is 0 Å². The number of carbonyl (C=O) groups is 2. The molecule has 1 aromatic heterocycles. The number of hydrogen-bond acceptors (Lipinski definition) is 4. The van der Waals surface area contributed by atoms with Gasteiger partial charge in [-0.05, 0) is 31.9 Å². The van der Waals surface area contributed by atoms with Gasteiger partial charge in [0.05, 0.1) is 24.3 Å². The van der Waals surface area contributed by atoms with Crippen molar-refractivity contribution in [1.29, 1.82) is 0 Å². The van der Waals surface area contributed by atoms with E-state index in [-0.39, 0.29) is 24.8 Å². The lowest BCUT2D eigenvalue weighted by Crippen LogP contribution is -2.50. The van der Waals surface area contributed by atoms with Crippen LogP contribution in [0.15, 0.2) is 24.3 Å². The summed E-state index contributed by atoms with van der Waals surface area (Å²) in [6.07, 6.45) is -0.486. The Labute approximate surface area is 165 Å². The molecule has 1 N–H and O–H groups in total. The monoisotopic (exact) mass is 384 g/mol. The number of fused-ring (bicyclic) bond motifs is 1. The molecule has 0 fully saturated rings. The summed E-state index contributed by atoms with van der Waals surface area (Å²) in [4.78, 5) is 27.0. The quantitative estimate of drug-likeness (QED) is 0.858. The second kappa shape index (κ2) is 8.04. The van der Waals surface area contributed by atoms with Crippen LogP contribution >= 0.6 is 0 Å². The third kappa shape index (κ3) is 3.88. The molecule has 0 saturated carbocycles. The van der Waals surface area contributed by atoms with Gasteiger partial charge in [0, 0.05) is 24.8 Å². The van der Waals surface area contributed by atoms with Crippen LogP contribution in [0.1, 0.15) is 30.8 Å². The molecule has 7 heteroatoms. The van der Waals surface area contributed by atoms with E-state index in [1.165, 1.54) is 0 Å². The number of likely N-dealkylation sites (N-methyl/N-ethyl adjacent to an activating group) is 1. The summed E-state index contributed by atoms with van der Waals surface area (Å²) in [5, 5.41) is 7.21. The molecule has 0 bridgehead atoms. The standard InChI is InChI=1S/C21H28N4O3/c1-13(2)11-25-15(4)16(14(3)23-25)10-20(26)24-12-19(21(27)22-5)28-18-9-7-6-8-17(18)24/h6-9,13,19H,10-12H2,1-5H3,(H,22,27)/t19-/m1/s1. The fourth-order valence-corrected chi connectivity index (χ4v) is 3.53. The lowest BCUT2D eigenvalue weighted by molar-refractivity contribution is -0.127. The van der Waals surface area contributed by atoms with Gasteiger partial charge >= 0.3 is 0 Å². The SMILES string of the molecule is CNC(=O)[C@H]1CN(C(=O)Cc2c(C)nn(CC(C)C)c2C)c2ccccc2O1. The Morgan fingerprint density at radius 2 is 2.00 bits per heavy atom. The number of carbonyl (C=O) groups excluding carboxylic acids is 2. The second-order valence-electron chi connectivity index (χ2n) is 7.59. The van der Waals surface area contributed by atoms with Crippen LogP contribution in [-0.4, -0.2) is 41.3 Å². The minimum atomic E-state index is -0.727. The normalized spacial score (nSPS) is 15.9. The van der Waals surface area contributed by atoms with Crippen molar-refractivity contribution in [3.05, 3.63) is 41.2 Å². The predicted molar refractivity (Wildman–Crippen MR) is 108 cm³/mol. The van der Waals surface area contributed by atoms with E-state index in [0.717, 1.165) is 23.5 Å². The third-order valence-corrected chi connectivity index (χ3v) is 5.01. The van der Waals surface area contributed by atoms with Gasteiger partial charge in [0.1, 0.15) is 5.75 Å². The molecule has 2 amide bonds. The molecule has 2 aromatic rings. The van der Waals surface area contributed by atoms with E-state index in [1.54, 1.807) is 18.0 Å². The molecule has 3 rings (SSSR count). The van der Waals surface area contributed by atoms with Crippen molar-refractivity contribution >= 4 is 17.5 Å². The van der Waals surface area contributed by atoms with Crippen molar-refractivity contribution in [3.8, 4) is 5.75 Å².